The van der Waals surface area contributed by atoms with Crippen LogP contribution in [0.15, 0.2) is 0 Å². The molecule has 1 saturated heterocycles. The van der Waals surface area contributed by atoms with Crippen LogP contribution in [0.1, 0.15) is 31.1 Å². The zero-order valence-electron chi connectivity index (χ0n) is 9.57. The van der Waals surface area contributed by atoms with Crippen LogP contribution in [0, 0.1) is 0 Å². The quantitative estimate of drug-likeness (QED) is 0.839. The van der Waals surface area contributed by atoms with Crippen molar-refractivity contribution in [3.8, 4) is 0 Å². The van der Waals surface area contributed by atoms with E-state index in [-0.39, 0.29) is 18.1 Å². The summed E-state index contributed by atoms with van der Waals surface area (Å²) in [5, 5.41) is 6.43. The minimum absolute atomic E-state index is 0.0476. The van der Waals surface area contributed by atoms with E-state index in [4.69, 9.17) is 4.74 Å². The molecule has 0 aliphatic carbocycles. The van der Waals surface area contributed by atoms with Crippen LogP contribution < -0.4 is 5.32 Å². The van der Waals surface area contributed by atoms with E-state index < -0.39 is 12.0 Å². The summed E-state index contributed by atoms with van der Waals surface area (Å²) in [6.07, 6.45) is -2.03. The maximum Gasteiger partial charge on any atom is 0.453 e. The number of rotatable bonds is 1. The molecule has 0 bridgehead atoms. The van der Waals surface area contributed by atoms with Gasteiger partial charge in [0.1, 0.15) is 0 Å². The monoisotopic (exact) mass is 262 g/mol. The van der Waals surface area contributed by atoms with Crippen molar-refractivity contribution in [2.45, 2.75) is 37.6 Å². The number of halogens is 3. The van der Waals surface area contributed by atoms with E-state index >= 15 is 0 Å². The first-order valence-electron chi connectivity index (χ1n) is 5.95. The van der Waals surface area contributed by atoms with E-state index in [1.807, 2.05) is 0 Å². The lowest BCUT2D eigenvalue weighted by Gasteiger charge is -2.28. The number of aromatic nitrogens is 3. The number of hydrogen-bond acceptors (Lipinski definition) is 4. The second kappa shape index (κ2) is 4.11. The van der Waals surface area contributed by atoms with Crippen LogP contribution in [-0.2, 0) is 10.9 Å². The molecule has 1 aromatic heterocycles. The fourth-order valence-electron chi connectivity index (χ4n) is 2.50. The molecule has 2 atom stereocenters. The Labute approximate surface area is 101 Å². The van der Waals surface area contributed by atoms with Crippen molar-refractivity contribution in [3.63, 3.8) is 0 Å². The second-order valence-electron chi connectivity index (χ2n) is 4.54. The first kappa shape index (κ1) is 11.8. The average molecular weight is 262 g/mol. The molecule has 3 heterocycles. The molecular weight excluding hydrogens is 249 g/mol. The van der Waals surface area contributed by atoms with Crippen LogP contribution >= 0.6 is 0 Å². The smallest absolute Gasteiger partial charge is 0.376 e. The fourth-order valence-corrected chi connectivity index (χ4v) is 2.50. The Morgan fingerprint density at radius 2 is 2.17 bits per heavy atom. The van der Waals surface area contributed by atoms with Crippen LogP contribution in [0.2, 0.25) is 0 Å². The minimum atomic E-state index is -4.51. The van der Waals surface area contributed by atoms with Gasteiger partial charge < -0.3 is 10.1 Å². The largest absolute Gasteiger partial charge is 0.453 e. The molecule has 0 amide bonds. The van der Waals surface area contributed by atoms with Gasteiger partial charge in [-0.2, -0.15) is 18.2 Å². The highest BCUT2D eigenvalue weighted by Crippen LogP contribution is 2.34. The normalized spacial score (nSPS) is 27.9. The van der Waals surface area contributed by atoms with E-state index in [9.17, 15) is 13.2 Å². The summed E-state index contributed by atoms with van der Waals surface area (Å²) in [4.78, 5) is 3.50. The summed E-state index contributed by atoms with van der Waals surface area (Å²) in [6, 6.07) is -0.146. The van der Waals surface area contributed by atoms with Crippen molar-refractivity contribution in [3.05, 3.63) is 5.82 Å². The highest BCUT2D eigenvalue weighted by Gasteiger charge is 2.40. The molecule has 0 saturated carbocycles. The highest BCUT2D eigenvalue weighted by atomic mass is 19.4. The molecule has 1 aromatic rings. The lowest BCUT2D eigenvalue weighted by Crippen LogP contribution is -2.32. The Kier molecular flexibility index (Phi) is 2.69. The van der Waals surface area contributed by atoms with Gasteiger partial charge in [-0.1, -0.05) is 0 Å². The first-order valence-corrected chi connectivity index (χ1v) is 5.95. The zero-order chi connectivity index (χ0) is 12.8. The summed E-state index contributed by atoms with van der Waals surface area (Å²) in [5.41, 5.74) is 0. The second-order valence-corrected chi connectivity index (χ2v) is 4.54. The van der Waals surface area contributed by atoms with Crippen molar-refractivity contribution in [1.82, 2.24) is 14.8 Å². The van der Waals surface area contributed by atoms with E-state index in [0.29, 0.717) is 19.6 Å². The first-order chi connectivity index (χ1) is 8.55. The maximum absolute atomic E-state index is 12.6. The number of nitrogens with one attached hydrogen (secondary N) is 1. The van der Waals surface area contributed by atoms with Gasteiger partial charge in [-0.05, 0) is 19.3 Å². The Balaban J connectivity index is 1.92. The molecule has 5 nitrogen and oxygen atoms in total. The van der Waals surface area contributed by atoms with Gasteiger partial charge in [0, 0.05) is 13.2 Å². The predicted octanol–water partition coefficient (Wildman–Crippen LogP) is 1.83. The van der Waals surface area contributed by atoms with Crippen molar-refractivity contribution >= 4 is 5.95 Å². The molecule has 1 N–H and O–H groups in total. The lowest BCUT2D eigenvalue weighted by atomic mass is 10.0. The van der Waals surface area contributed by atoms with Crippen LogP contribution in [0.4, 0.5) is 19.1 Å². The molecule has 100 valence electrons. The predicted molar refractivity (Wildman–Crippen MR) is 56.1 cm³/mol. The highest BCUT2D eigenvalue weighted by molar-refractivity contribution is 5.29. The van der Waals surface area contributed by atoms with Crippen molar-refractivity contribution in [2.24, 2.45) is 0 Å². The fraction of sp³-hybridized carbons (Fsp3) is 0.800. The van der Waals surface area contributed by atoms with E-state index in [0.717, 1.165) is 12.8 Å². The van der Waals surface area contributed by atoms with Gasteiger partial charge in [-0.3, -0.25) is 0 Å². The van der Waals surface area contributed by atoms with E-state index in [1.165, 1.54) is 4.68 Å². The molecule has 1 fully saturated rings. The third-order valence-electron chi connectivity index (χ3n) is 3.32. The third kappa shape index (κ3) is 1.94. The molecule has 18 heavy (non-hydrogen) atoms. The molecule has 0 radical (unpaired) electrons. The SMILES string of the molecule is FC(F)(F)c1nc2n(n1)C(C1CCCO1)CCN2. The van der Waals surface area contributed by atoms with Crippen LogP contribution in [0.5, 0.6) is 0 Å². The van der Waals surface area contributed by atoms with Crippen molar-refractivity contribution < 1.29 is 17.9 Å². The molecule has 8 heteroatoms. The third-order valence-corrected chi connectivity index (χ3v) is 3.32. The molecule has 2 unspecified atom stereocenters. The van der Waals surface area contributed by atoms with Crippen molar-refractivity contribution in [1.29, 1.82) is 0 Å². The molecule has 2 aliphatic heterocycles. The summed E-state index contributed by atoms with van der Waals surface area (Å²) >= 11 is 0. The summed E-state index contributed by atoms with van der Waals surface area (Å²) in [7, 11) is 0. The van der Waals surface area contributed by atoms with Gasteiger partial charge in [0.15, 0.2) is 0 Å². The molecule has 0 spiro atoms. The summed E-state index contributed by atoms with van der Waals surface area (Å²) in [6.45, 7) is 1.27. The summed E-state index contributed by atoms with van der Waals surface area (Å²) in [5.74, 6) is -0.899. The summed E-state index contributed by atoms with van der Waals surface area (Å²) < 4.78 is 44.6. The van der Waals surface area contributed by atoms with Gasteiger partial charge in [0.2, 0.25) is 5.95 Å². The number of nitrogens with zero attached hydrogens (tertiary/aromatic N) is 3. The average Bonchev–Trinajstić information content (AvgIpc) is 2.96. The van der Waals surface area contributed by atoms with Gasteiger partial charge >= 0.3 is 6.18 Å². The minimum Gasteiger partial charge on any atom is -0.376 e. The van der Waals surface area contributed by atoms with Crippen LogP contribution in [0.3, 0.4) is 0 Å². The van der Waals surface area contributed by atoms with E-state index in [2.05, 4.69) is 15.4 Å². The van der Waals surface area contributed by atoms with Crippen molar-refractivity contribution in [2.75, 3.05) is 18.5 Å². The lowest BCUT2D eigenvalue weighted by molar-refractivity contribution is -0.145. The Bertz CT molecular complexity index is 439. The molecule has 2 aliphatic rings. The van der Waals surface area contributed by atoms with E-state index in [1.54, 1.807) is 0 Å². The number of anilines is 1. The molecule has 0 aromatic carbocycles. The Morgan fingerprint density at radius 1 is 1.33 bits per heavy atom. The maximum atomic E-state index is 12.6. The van der Waals surface area contributed by atoms with Gasteiger partial charge in [-0.25, -0.2) is 4.68 Å². The van der Waals surface area contributed by atoms with Gasteiger partial charge in [0.05, 0.1) is 12.1 Å². The zero-order valence-corrected chi connectivity index (χ0v) is 9.57. The Morgan fingerprint density at radius 3 is 2.83 bits per heavy atom. The van der Waals surface area contributed by atoms with Crippen LogP contribution in [0.25, 0.3) is 0 Å². The molecular formula is C10H13F3N4O. The number of alkyl halides is 3. The topological polar surface area (TPSA) is 52.0 Å². The number of ether oxygens (including phenoxy) is 1. The number of hydrogen-bond donors (Lipinski definition) is 1. The molecule has 3 rings (SSSR count). The number of fused-ring (bicyclic) bond motifs is 1. The van der Waals surface area contributed by atoms with Gasteiger partial charge in [0.25, 0.3) is 5.82 Å². The Hall–Kier alpha value is -1.31. The van der Waals surface area contributed by atoms with Crippen LogP contribution in [-0.4, -0.2) is 34.0 Å². The standard InChI is InChI=1S/C10H13F3N4O/c11-10(12,13)8-15-9-14-4-3-6(17(9)16-8)7-2-1-5-18-7/h6-7H,1-5H2,(H,14,15,16). The van der Waals surface area contributed by atoms with Gasteiger partial charge in [-0.15, -0.1) is 5.10 Å².